The molecule has 0 unspecified atom stereocenters. The summed E-state index contributed by atoms with van der Waals surface area (Å²) < 4.78 is 10.3. The van der Waals surface area contributed by atoms with Gasteiger partial charge in [0.15, 0.2) is 0 Å². The summed E-state index contributed by atoms with van der Waals surface area (Å²) in [6.45, 7) is 6.81. The lowest BCUT2D eigenvalue weighted by molar-refractivity contribution is 0.136. The van der Waals surface area contributed by atoms with Crippen molar-refractivity contribution in [2.24, 2.45) is 0 Å². The molecule has 1 N–H and O–H groups in total. The largest absolute Gasteiger partial charge is 0.385 e. The molecule has 0 radical (unpaired) electrons. The summed E-state index contributed by atoms with van der Waals surface area (Å²) in [6, 6.07) is 0. The summed E-state index contributed by atoms with van der Waals surface area (Å²) >= 11 is 0. The van der Waals surface area contributed by atoms with Gasteiger partial charge in [0.05, 0.1) is 6.61 Å². The van der Waals surface area contributed by atoms with Crippen LogP contribution in [0.4, 0.5) is 0 Å². The van der Waals surface area contributed by atoms with Crippen molar-refractivity contribution < 1.29 is 9.47 Å². The normalized spacial score (nSPS) is 10.7. The summed E-state index contributed by atoms with van der Waals surface area (Å²) in [6.07, 6.45) is 4.76. The van der Waals surface area contributed by atoms with E-state index in [1.807, 2.05) is 0 Å². The van der Waals surface area contributed by atoms with Gasteiger partial charge in [0.25, 0.3) is 0 Å². The van der Waals surface area contributed by atoms with Crippen LogP contribution in [0.1, 0.15) is 32.6 Å². The highest BCUT2D eigenvalue weighted by atomic mass is 16.5. The molecular formula is C11H25NO2. The molecular weight excluding hydrogens is 178 g/mol. The third kappa shape index (κ3) is 11.9. The standard InChI is InChI=1S/C11H25NO2/c1-3-9-14-11-8-12-7-5-4-6-10-13-2/h12H,3-11H2,1-2H3. The van der Waals surface area contributed by atoms with Crippen molar-refractivity contribution >= 4 is 0 Å². The maximum atomic E-state index is 5.35. The van der Waals surface area contributed by atoms with E-state index in [-0.39, 0.29) is 0 Å². The van der Waals surface area contributed by atoms with E-state index < -0.39 is 0 Å². The lowest BCUT2D eigenvalue weighted by atomic mass is 10.2. The van der Waals surface area contributed by atoms with Gasteiger partial charge in [0.1, 0.15) is 0 Å². The monoisotopic (exact) mass is 203 g/mol. The average Bonchev–Trinajstić information content (AvgIpc) is 2.21. The van der Waals surface area contributed by atoms with E-state index in [0.29, 0.717) is 0 Å². The number of methoxy groups -OCH3 is 1. The van der Waals surface area contributed by atoms with E-state index in [9.17, 15) is 0 Å². The molecule has 0 bridgehead atoms. The molecule has 0 aliphatic heterocycles. The van der Waals surface area contributed by atoms with Gasteiger partial charge in [-0.05, 0) is 32.2 Å². The Balaban J connectivity index is 2.78. The van der Waals surface area contributed by atoms with Gasteiger partial charge in [0.2, 0.25) is 0 Å². The van der Waals surface area contributed by atoms with Crippen LogP contribution in [0, 0.1) is 0 Å². The molecule has 3 nitrogen and oxygen atoms in total. The Kier molecular flexibility index (Phi) is 12.8. The Bertz CT molecular complexity index is 87.3. The smallest absolute Gasteiger partial charge is 0.0590 e. The van der Waals surface area contributed by atoms with Crippen molar-refractivity contribution in [1.29, 1.82) is 0 Å². The summed E-state index contributed by atoms with van der Waals surface area (Å²) in [7, 11) is 1.75. The summed E-state index contributed by atoms with van der Waals surface area (Å²) in [5.74, 6) is 0. The first-order chi connectivity index (χ1) is 6.91. The second-order valence-electron chi connectivity index (χ2n) is 3.42. The molecule has 0 aromatic rings. The first-order valence-electron chi connectivity index (χ1n) is 5.69. The second-order valence-corrected chi connectivity index (χ2v) is 3.42. The Morgan fingerprint density at radius 3 is 2.50 bits per heavy atom. The van der Waals surface area contributed by atoms with Gasteiger partial charge in [-0.25, -0.2) is 0 Å². The van der Waals surface area contributed by atoms with E-state index in [2.05, 4.69) is 12.2 Å². The van der Waals surface area contributed by atoms with Gasteiger partial charge < -0.3 is 14.8 Å². The minimum Gasteiger partial charge on any atom is -0.385 e. The van der Waals surface area contributed by atoms with Crippen molar-refractivity contribution in [1.82, 2.24) is 5.32 Å². The molecule has 0 fully saturated rings. The van der Waals surface area contributed by atoms with Crippen LogP contribution in [-0.2, 0) is 9.47 Å². The molecule has 0 aliphatic rings. The number of nitrogens with one attached hydrogen (secondary N) is 1. The minimum atomic E-state index is 0.839. The molecule has 3 heteroatoms. The van der Waals surface area contributed by atoms with Crippen molar-refractivity contribution in [2.75, 3.05) is 40.0 Å². The third-order valence-corrected chi connectivity index (χ3v) is 1.97. The Morgan fingerprint density at radius 2 is 1.79 bits per heavy atom. The van der Waals surface area contributed by atoms with Gasteiger partial charge >= 0.3 is 0 Å². The molecule has 0 atom stereocenters. The number of hydrogen-bond donors (Lipinski definition) is 1. The fraction of sp³-hybridized carbons (Fsp3) is 1.00. The minimum absolute atomic E-state index is 0.839. The topological polar surface area (TPSA) is 30.5 Å². The summed E-state index contributed by atoms with van der Waals surface area (Å²) in [5.41, 5.74) is 0. The maximum absolute atomic E-state index is 5.35. The molecule has 0 aliphatic carbocycles. The zero-order valence-corrected chi connectivity index (χ0v) is 9.68. The van der Waals surface area contributed by atoms with Crippen LogP contribution in [0.2, 0.25) is 0 Å². The number of unbranched alkanes of at least 4 members (excludes halogenated alkanes) is 2. The van der Waals surface area contributed by atoms with E-state index in [4.69, 9.17) is 9.47 Å². The Labute approximate surface area is 88.2 Å². The molecule has 0 saturated heterocycles. The van der Waals surface area contributed by atoms with Crippen LogP contribution in [0.5, 0.6) is 0 Å². The number of ether oxygens (including phenoxy) is 2. The molecule has 86 valence electrons. The predicted molar refractivity (Wildman–Crippen MR) is 59.7 cm³/mol. The van der Waals surface area contributed by atoms with Gasteiger partial charge in [-0.15, -0.1) is 0 Å². The fourth-order valence-electron chi connectivity index (χ4n) is 1.19. The van der Waals surface area contributed by atoms with Crippen LogP contribution in [-0.4, -0.2) is 40.0 Å². The maximum Gasteiger partial charge on any atom is 0.0590 e. The van der Waals surface area contributed by atoms with Gasteiger partial charge in [0, 0.05) is 26.9 Å². The molecule has 14 heavy (non-hydrogen) atoms. The molecule has 0 aromatic carbocycles. The van der Waals surface area contributed by atoms with Crippen molar-refractivity contribution in [3.8, 4) is 0 Å². The lowest BCUT2D eigenvalue weighted by Gasteiger charge is -2.05. The van der Waals surface area contributed by atoms with Crippen LogP contribution in [0.25, 0.3) is 0 Å². The lowest BCUT2D eigenvalue weighted by Crippen LogP contribution is -2.21. The molecule has 0 spiro atoms. The van der Waals surface area contributed by atoms with E-state index in [0.717, 1.165) is 39.3 Å². The quantitative estimate of drug-likeness (QED) is 0.520. The highest BCUT2D eigenvalue weighted by Crippen LogP contribution is 1.93. The first kappa shape index (κ1) is 13.9. The van der Waals surface area contributed by atoms with Gasteiger partial charge in [-0.1, -0.05) is 6.92 Å². The van der Waals surface area contributed by atoms with Crippen LogP contribution in [0.15, 0.2) is 0 Å². The Morgan fingerprint density at radius 1 is 0.929 bits per heavy atom. The fourth-order valence-corrected chi connectivity index (χ4v) is 1.19. The van der Waals surface area contributed by atoms with Crippen molar-refractivity contribution in [3.63, 3.8) is 0 Å². The van der Waals surface area contributed by atoms with E-state index >= 15 is 0 Å². The van der Waals surface area contributed by atoms with Gasteiger partial charge in [-0.2, -0.15) is 0 Å². The van der Waals surface area contributed by atoms with Crippen LogP contribution < -0.4 is 5.32 Å². The first-order valence-corrected chi connectivity index (χ1v) is 5.69. The van der Waals surface area contributed by atoms with E-state index in [1.165, 1.54) is 19.3 Å². The number of rotatable bonds is 11. The zero-order chi connectivity index (χ0) is 10.5. The second kappa shape index (κ2) is 12.9. The van der Waals surface area contributed by atoms with Gasteiger partial charge in [-0.3, -0.25) is 0 Å². The predicted octanol–water partition coefficient (Wildman–Crippen LogP) is 1.82. The SMILES string of the molecule is CCCOCCNCCCCCOC. The third-order valence-electron chi connectivity index (χ3n) is 1.97. The van der Waals surface area contributed by atoms with E-state index in [1.54, 1.807) is 7.11 Å². The summed E-state index contributed by atoms with van der Waals surface area (Å²) in [5, 5.41) is 3.36. The molecule has 0 amide bonds. The molecule has 0 saturated carbocycles. The summed E-state index contributed by atoms with van der Waals surface area (Å²) in [4.78, 5) is 0. The highest BCUT2D eigenvalue weighted by Gasteiger charge is 1.90. The van der Waals surface area contributed by atoms with Crippen molar-refractivity contribution in [2.45, 2.75) is 32.6 Å². The zero-order valence-electron chi connectivity index (χ0n) is 9.68. The van der Waals surface area contributed by atoms with Crippen LogP contribution >= 0.6 is 0 Å². The van der Waals surface area contributed by atoms with Crippen LogP contribution in [0.3, 0.4) is 0 Å². The molecule has 0 rings (SSSR count). The van der Waals surface area contributed by atoms with Crippen molar-refractivity contribution in [3.05, 3.63) is 0 Å². The molecule has 0 heterocycles. The highest BCUT2D eigenvalue weighted by molar-refractivity contribution is 4.48. The Hall–Kier alpha value is -0.120. The number of hydrogen-bond acceptors (Lipinski definition) is 3. The molecule has 0 aromatic heterocycles. The average molecular weight is 203 g/mol.